The van der Waals surface area contributed by atoms with E-state index in [4.69, 9.17) is 0 Å². The van der Waals surface area contributed by atoms with Gasteiger partial charge in [-0.2, -0.15) is 0 Å². The molecule has 0 heterocycles. The lowest BCUT2D eigenvalue weighted by molar-refractivity contribution is 0.630. The minimum atomic E-state index is -0.179. The first kappa shape index (κ1) is 9.34. The molecule has 0 unspecified atom stereocenters. The van der Waals surface area contributed by atoms with Crippen LogP contribution in [0.15, 0.2) is 48.5 Å². The van der Waals surface area contributed by atoms with E-state index in [1.165, 1.54) is 17.0 Å². The number of rotatable bonds is 0. The highest BCUT2D eigenvalue weighted by molar-refractivity contribution is 6.01. The van der Waals surface area contributed by atoms with Gasteiger partial charge in [-0.25, -0.2) is 4.39 Å². The Hall–Kier alpha value is -1.89. The van der Waals surface area contributed by atoms with Crippen LogP contribution in [0, 0.1) is 12.7 Å². The van der Waals surface area contributed by atoms with E-state index in [0.717, 1.165) is 16.2 Å². The Morgan fingerprint density at radius 1 is 0.812 bits per heavy atom. The number of benzene rings is 3. The van der Waals surface area contributed by atoms with Gasteiger partial charge in [-0.1, -0.05) is 30.3 Å². The fourth-order valence-corrected chi connectivity index (χ4v) is 2.27. The largest absolute Gasteiger partial charge is 0.207 e. The van der Waals surface area contributed by atoms with Crippen molar-refractivity contribution in [3.63, 3.8) is 0 Å². The van der Waals surface area contributed by atoms with Crippen molar-refractivity contribution in [3.05, 3.63) is 59.9 Å². The molecule has 3 aromatic carbocycles. The Labute approximate surface area is 93.3 Å². The number of hydrogen-bond donors (Lipinski definition) is 0. The molecule has 78 valence electrons. The number of aryl methyl sites for hydroxylation is 1. The first-order valence-corrected chi connectivity index (χ1v) is 5.33. The Morgan fingerprint density at radius 3 is 2.44 bits per heavy atom. The van der Waals surface area contributed by atoms with Crippen LogP contribution in [0.2, 0.25) is 0 Å². The van der Waals surface area contributed by atoms with Crippen LogP contribution in [-0.2, 0) is 0 Å². The lowest BCUT2D eigenvalue weighted by Crippen LogP contribution is -1.83. The van der Waals surface area contributed by atoms with Gasteiger partial charge >= 0.3 is 0 Å². The second kappa shape index (κ2) is 3.31. The summed E-state index contributed by atoms with van der Waals surface area (Å²) < 4.78 is 13.2. The molecule has 1 heteroatoms. The maximum Gasteiger partial charge on any atom is 0.123 e. The van der Waals surface area contributed by atoms with Crippen LogP contribution in [0.5, 0.6) is 0 Å². The van der Waals surface area contributed by atoms with Crippen molar-refractivity contribution in [2.45, 2.75) is 6.92 Å². The number of halogens is 1. The first-order chi connectivity index (χ1) is 7.75. The molecule has 0 nitrogen and oxygen atoms in total. The van der Waals surface area contributed by atoms with E-state index in [0.29, 0.717) is 0 Å². The maximum absolute atomic E-state index is 13.2. The van der Waals surface area contributed by atoms with Crippen molar-refractivity contribution in [2.24, 2.45) is 0 Å². The fourth-order valence-electron chi connectivity index (χ4n) is 2.27. The fraction of sp³-hybridized carbons (Fsp3) is 0.0667. The minimum absolute atomic E-state index is 0.179. The maximum atomic E-state index is 13.2. The molecule has 0 bridgehead atoms. The summed E-state index contributed by atoms with van der Waals surface area (Å²) >= 11 is 0. The van der Waals surface area contributed by atoms with Crippen molar-refractivity contribution in [2.75, 3.05) is 0 Å². The van der Waals surface area contributed by atoms with Crippen molar-refractivity contribution < 1.29 is 4.39 Å². The summed E-state index contributed by atoms with van der Waals surface area (Å²) in [6.07, 6.45) is 0. The summed E-state index contributed by atoms with van der Waals surface area (Å²) in [5, 5.41) is 4.50. The molecule has 3 rings (SSSR count). The molecule has 0 amide bonds. The van der Waals surface area contributed by atoms with E-state index in [2.05, 4.69) is 19.1 Å². The molecular formula is C15H11F. The molecular weight excluding hydrogens is 199 g/mol. The monoisotopic (exact) mass is 210 g/mol. The second-order valence-corrected chi connectivity index (χ2v) is 4.09. The van der Waals surface area contributed by atoms with E-state index >= 15 is 0 Å². The van der Waals surface area contributed by atoms with E-state index < -0.39 is 0 Å². The van der Waals surface area contributed by atoms with Gasteiger partial charge in [-0.3, -0.25) is 0 Å². The third kappa shape index (κ3) is 1.28. The zero-order valence-electron chi connectivity index (χ0n) is 9.00. The molecule has 0 saturated heterocycles. The highest BCUT2D eigenvalue weighted by Crippen LogP contribution is 2.27. The van der Waals surface area contributed by atoms with E-state index in [9.17, 15) is 4.39 Å². The summed E-state index contributed by atoms with van der Waals surface area (Å²) in [5.41, 5.74) is 1.22. The number of hydrogen-bond acceptors (Lipinski definition) is 0. The number of fused-ring (bicyclic) bond motifs is 2. The van der Waals surface area contributed by atoms with Crippen molar-refractivity contribution in [1.82, 2.24) is 0 Å². The molecule has 0 radical (unpaired) electrons. The zero-order valence-corrected chi connectivity index (χ0v) is 9.00. The SMILES string of the molecule is Cc1c2ccccc2cc2cc(F)ccc12. The van der Waals surface area contributed by atoms with Gasteiger partial charge < -0.3 is 0 Å². The molecule has 3 aromatic rings. The van der Waals surface area contributed by atoms with Crippen LogP contribution in [0.1, 0.15) is 5.56 Å². The Morgan fingerprint density at radius 2 is 1.56 bits per heavy atom. The van der Waals surface area contributed by atoms with Gasteiger partial charge in [-0.05, 0) is 52.2 Å². The Balaban J connectivity index is 2.55. The van der Waals surface area contributed by atoms with E-state index in [1.54, 1.807) is 6.07 Å². The molecule has 0 fully saturated rings. The molecule has 0 aromatic heterocycles. The average molecular weight is 210 g/mol. The molecule has 0 N–H and O–H groups in total. The summed E-state index contributed by atoms with van der Waals surface area (Å²) in [6, 6.07) is 15.2. The Kier molecular flexibility index (Phi) is 1.93. The minimum Gasteiger partial charge on any atom is -0.207 e. The van der Waals surface area contributed by atoms with Gasteiger partial charge in [0.05, 0.1) is 0 Å². The molecule has 0 aliphatic carbocycles. The smallest absolute Gasteiger partial charge is 0.123 e. The first-order valence-electron chi connectivity index (χ1n) is 5.33. The van der Waals surface area contributed by atoms with Crippen LogP contribution < -0.4 is 0 Å². The van der Waals surface area contributed by atoms with Crippen molar-refractivity contribution in [3.8, 4) is 0 Å². The van der Waals surface area contributed by atoms with Crippen LogP contribution in [0.25, 0.3) is 21.5 Å². The van der Waals surface area contributed by atoms with Crippen molar-refractivity contribution >= 4 is 21.5 Å². The quantitative estimate of drug-likeness (QED) is 0.481. The standard InChI is InChI=1S/C15H11F/c1-10-14-5-3-2-4-11(14)8-12-9-13(16)6-7-15(10)12/h2-9H,1H3. The molecule has 0 aliphatic heterocycles. The summed E-state index contributed by atoms with van der Waals surface area (Å²) in [6.45, 7) is 2.09. The summed E-state index contributed by atoms with van der Waals surface area (Å²) in [5.74, 6) is -0.179. The van der Waals surface area contributed by atoms with Gasteiger partial charge in [-0.15, -0.1) is 0 Å². The normalized spacial score (nSPS) is 11.1. The molecule has 0 aliphatic rings. The lowest BCUT2D eigenvalue weighted by atomic mass is 9.98. The third-order valence-corrected chi connectivity index (χ3v) is 3.09. The predicted octanol–water partition coefficient (Wildman–Crippen LogP) is 4.44. The second-order valence-electron chi connectivity index (χ2n) is 4.09. The van der Waals surface area contributed by atoms with Gasteiger partial charge in [0, 0.05) is 0 Å². The molecule has 0 spiro atoms. The van der Waals surface area contributed by atoms with Crippen LogP contribution in [0.3, 0.4) is 0 Å². The van der Waals surface area contributed by atoms with Gasteiger partial charge in [0.2, 0.25) is 0 Å². The topological polar surface area (TPSA) is 0 Å². The van der Waals surface area contributed by atoms with Crippen LogP contribution in [0.4, 0.5) is 4.39 Å². The molecule has 0 saturated carbocycles. The molecule has 16 heavy (non-hydrogen) atoms. The van der Waals surface area contributed by atoms with Crippen LogP contribution in [-0.4, -0.2) is 0 Å². The van der Waals surface area contributed by atoms with Gasteiger partial charge in [0.15, 0.2) is 0 Å². The highest BCUT2D eigenvalue weighted by atomic mass is 19.1. The van der Waals surface area contributed by atoms with Gasteiger partial charge in [0.1, 0.15) is 5.82 Å². The lowest BCUT2D eigenvalue weighted by Gasteiger charge is -2.07. The van der Waals surface area contributed by atoms with Crippen molar-refractivity contribution in [1.29, 1.82) is 0 Å². The Bertz CT molecular complexity index is 683. The van der Waals surface area contributed by atoms with E-state index in [1.807, 2.05) is 24.3 Å². The predicted molar refractivity (Wildman–Crippen MR) is 66.1 cm³/mol. The zero-order chi connectivity index (χ0) is 11.1. The average Bonchev–Trinajstić information content (AvgIpc) is 2.29. The molecule has 0 atom stereocenters. The highest BCUT2D eigenvalue weighted by Gasteiger charge is 2.03. The summed E-state index contributed by atoms with van der Waals surface area (Å²) in [7, 11) is 0. The summed E-state index contributed by atoms with van der Waals surface area (Å²) in [4.78, 5) is 0. The van der Waals surface area contributed by atoms with Crippen LogP contribution >= 0.6 is 0 Å². The van der Waals surface area contributed by atoms with Gasteiger partial charge in [0.25, 0.3) is 0 Å². The third-order valence-electron chi connectivity index (χ3n) is 3.09. The van der Waals surface area contributed by atoms with E-state index in [-0.39, 0.29) is 5.82 Å².